The Bertz CT molecular complexity index is 946. The largest absolute Gasteiger partial charge is 0.334 e. The lowest BCUT2D eigenvalue weighted by Gasteiger charge is -2.36. The van der Waals surface area contributed by atoms with Gasteiger partial charge in [0.1, 0.15) is 6.54 Å². The smallest absolute Gasteiger partial charge is 0.294 e. The van der Waals surface area contributed by atoms with E-state index in [1.807, 2.05) is 42.5 Å². The molecule has 2 aliphatic rings. The summed E-state index contributed by atoms with van der Waals surface area (Å²) in [6, 6.07) is 13.1. The molecule has 0 aliphatic carbocycles. The normalized spacial score (nSPS) is 21.1. The molecule has 0 bridgehead atoms. The van der Waals surface area contributed by atoms with Crippen LogP contribution in [0.1, 0.15) is 36.4 Å². The number of imide groups is 1. The maximum absolute atomic E-state index is 13.0. The highest BCUT2D eigenvalue weighted by Gasteiger charge is 2.38. The summed E-state index contributed by atoms with van der Waals surface area (Å²) in [6.07, 6.45) is 7.97. The van der Waals surface area contributed by atoms with Crippen LogP contribution >= 0.6 is 11.8 Å². The van der Waals surface area contributed by atoms with Crippen LogP contribution in [0, 0.1) is 0 Å². The lowest BCUT2D eigenvalue weighted by atomic mass is 9.96. The summed E-state index contributed by atoms with van der Waals surface area (Å²) < 4.78 is 0. The number of nitrogens with zero attached hydrogens (tertiary/aromatic N) is 3. The fourth-order valence-electron chi connectivity index (χ4n) is 3.71. The average Bonchev–Trinajstić information content (AvgIpc) is 3.02. The number of carbonyl (C=O) groups excluding carboxylic acids is 3. The second-order valence-electron chi connectivity index (χ2n) is 7.06. The number of benzene rings is 1. The third kappa shape index (κ3) is 4.24. The molecule has 7 heteroatoms. The number of piperidine rings is 1. The van der Waals surface area contributed by atoms with Gasteiger partial charge in [-0.05, 0) is 54.3 Å². The van der Waals surface area contributed by atoms with Crippen molar-refractivity contribution in [1.29, 1.82) is 0 Å². The highest BCUT2D eigenvalue weighted by Crippen LogP contribution is 2.34. The first-order valence-corrected chi connectivity index (χ1v) is 10.4. The van der Waals surface area contributed by atoms with E-state index in [1.165, 1.54) is 0 Å². The van der Waals surface area contributed by atoms with E-state index in [4.69, 9.17) is 0 Å². The molecular formula is C22H21N3O3S. The Morgan fingerprint density at radius 1 is 1.14 bits per heavy atom. The maximum atomic E-state index is 13.0. The van der Waals surface area contributed by atoms with E-state index in [1.54, 1.807) is 23.4 Å². The van der Waals surface area contributed by atoms with E-state index in [-0.39, 0.29) is 18.5 Å². The van der Waals surface area contributed by atoms with Crippen molar-refractivity contribution in [2.24, 2.45) is 0 Å². The quantitative estimate of drug-likeness (QED) is 0.720. The Kier molecular flexibility index (Phi) is 5.76. The number of rotatable bonds is 4. The zero-order valence-corrected chi connectivity index (χ0v) is 16.7. The molecule has 1 aromatic carbocycles. The second-order valence-corrected chi connectivity index (χ2v) is 8.06. The number of hydrogen-bond acceptors (Lipinski definition) is 5. The van der Waals surface area contributed by atoms with Crippen LogP contribution < -0.4 is 0 Å². The summed E-state index contributed by atoms with van der Waals surface area (Å²) in [7, 11) is 0. The van der Waals surface area contributed by atoms with E-state index in [0.717, 1.165) is 47.1 Å². The first-order chi connectivity index (χ1) is 14.1. The van der Waals surface area contributed by atoms with Crippen molar-refractivity contribution in [2.45, 2.75) is 25.3 Å². The Labute approximate surface area is 173 Å². The molecule has 2 aliphatic heterocycles. The molecule has 0 saturated carbocycles. The summed E-state index contributed by atoms with van der Waals surface area (Å²) >= 11 is 0.880. The van der Waals surface area contributed by atoms with Crippen LogP contribution in [0.3, 0.4) is 0 Å². The topological polar surface area (TPSA) is 70.6 Å². The standard InChI is InChI=1S/C22H21N3O3S/c26-20(24-12-5-4-10-18(24)17-9-6-11-23-14-17)15-25-21(27)19(29-22(25)28)13-16-7-2-1-3-8-16/h1-3,6-9,11,13-14,18H,4-5,10,12,15H2/b19-13+. The van der Waals surface area contributed by atoms with Crippen LogP contribution in [-0.4, -0.2) is 44.9 Å². The van der Waals surface area contributed by atoms with Gasteiger partial charge in [0.25, 0.3) is 11.1 Å². The molecule has 148 valence electrons. The third-order valence-electron chi connectivity index (χ3n) is 5.16. The molecule has 3 heterocycles. The molecule has 0 N–H and O–H groups in total. The molecular weight excluding hydrogens is 386 g/mol. The van der Waals surface area contributed by atoms with Crippen LogP contribution in [0.2, 0.25) is 0 Å². The Morgan fingerprint density at radius 2 is 1.97 bits per heavy atom. The van der Waals surface area contributed by atoms with Crippen molar-refractivity contribution >= 4 is 34.9 Å². The molecule has 2 fully saturated rings. The summed E-state index contributed by atoms with van der Waals surface area (Å²) in [4.78, 5) is 45.5. The van der Waals surface area contributed by atoms with E-state index >= 15 is 0 Å². The fraction of sp³-hybridized carbons (Fsp3) is 0.273. The molecule has 29 heavy (non-hydrogen) atoms. The molecule has 2 saturated heterocycles. The highest BCUT2D eigenvalue weighted by molar-refractivity contribution is 8.18. The van der Waals surface area contributed by atoms with Gasteiger partial charge in [-0.1, -0.05) is 36.4 Å². The number of thioether (sulfide) groups is 1. The average molecular weight is 407 g/mol. The van der Waals surface area contributed by atoms with Crippen molar-refractivity contribution in [3.63, 3.8) is 0 Å². The first-order valence-electron chi connectivity index (χ1n) is 9.63. The maximum Gasteiger partial charge on any atom is 0.294 e. The van der Waals surface area contributed by atoms with Crippen LogP contribution in [-0.2, 0) is 9.59 Å². The van der Waals surface area contributed by atoms with E-state index in [9.17, 15) is 14.4 Å². The van der Waals surface area contributed by atoms with Crippen LogP contribution in [0.15, 0.2) is 59.8 Å². The summed E-state index contributed by atoms with van der Waals surface area (Å²) in [6.45, 7) is 0.391. The number of pyridine rings is 1. The Balaban J connectivity index is 1.49. The van der Waals surface area contributed by atoms with E-state index in [2.05, 4.69) is 4.98 Å². The third-order valence-corrected chi connectivity index (χ3v) is 6.06. The predicted octanol–water partition coefficient (Wildman–Crippen LogP) is 3.87. The zero-order valence-electron chi connectivity index (χ0n) is 15.9. The number of hydrogen-bond donors (Lipinski definition) is 0. The molecule has 6 nitrogen and oxygen atoms in total. The number of carbonyl (C=O) groups is 3. The molecule has 1 aromatic heterocycles. The summed E-state index contributed by atoms with van der Waals surface area (Å²) in [5.41, 5.74) is 1.83. The zero-order chi connectivity index (χ0) is 20.2. The van der Waals surface area contributed by atoms with Gasteiger partial charge in [-0.2, -0.15) is 0 Å². The van der Waals surface area contributed by atoms with Crippen LogP contribution in [0.4, 0.5) is 4.79 Å². The van der Waals surface area contributed by atoms with Gasteiger partial charge in [0.05, 0.1) is 10.9 Å². The van der Waals surface area contributed by atoms with Gasteiger partial charge in [0, 0.05) is 18.9 Å². The first kappa shape index (κ1) is 19.4. The van der Waals surface area contributed by atoms with Gasteiger partial charge in [-0.25, -0.2) is 0 Å². The molecule has 3 amide bonds. The molecule has 1 atom stereocenters. The lowest BCUT2D eigenvalue weighted by Crippen LogP contribution is -2.45. The van der Waals surface area contributed by atoms with Gasteiger partial charge in [0.15, 0.2) is 0 Å². The molecule has 4 rings (SSSR count). The van der Waals surface area contributed by atoms with Crippen molar-refractivity contribution in [3.05, 3.63) is 70.9 Å². The van der Waals surface area contributed by atoms with Gasteiger partial charge >= 0.3 is 0 Å². The molecule has 0 radical (unpaired) electrons. The van der Waals surface area contributed by atoms with Crippen LogP contribution in [0.25, 0.3) is 6.08 Å². The van der Waals surface area contributed by atoms with Gasteiger partial charge < -0.3 is 4.90 Å². The van der Waals surface area contributed by atoms with Crippen molar-refractivity contribution in [2.75, 3.05) is 13.1 Å². The Morgan fingerprint density at radius 3 is 2.72 bits per heavy atom. The fourth-order valence-corrected chi connectivity index (χ4v) is 4.55. The van der Waals surface area contributed by atoms with E-state index < -0.39 is 11.1 Å². The molecule has 0 spiro atoms. The monoisotopic (exact) mass is 407 g/mol. The van der Waals surface area contributed by atoms with Gasteiger partial charge in [0.2, 0.25) is 5.91 Å². The summed E-state index contributed by atoms with van der Waals surface area (Å²) in [5.74, 6) is -0.617. The minimum Gasteiger partial charge on any atom is -0.334 e. The van der Waals surface area contributed by atoms with Crippen LogP contribution in [0.5, 0.6) is 0 Å². The minimum atomic E-state index is -0.410. The molecule has 1 unspecified atom stereocenters. The SMILES string of the molecule is O=C1S/C(=C/c2ccccc2)C(=O)N1CC(=O)N1CCCCC1c1cccnc1. The highest BCUT2D eigenvalue weighted by atomic mass is 32.2. The summed E-state index contributed by atoms with van der Waals surface area (Å²) in [5, 5.41) is -0.402. The number of aromatic nitrogens is 1. The lowest BCUT2D eigenvalue weighted by molar-refractivity contribution is -0.138. The van der Waals surface area contributed by atoms with Crippen molar-refractivity contribution in [1.82, 2.24) is 14.8 Å². The predicted molar refractivity (Wildman–Crippen MR) is 112 cm³/mol. The van der Waals surface area contributed by atoms with Crippen molar-refractivity contribution < 1.29 is 14.4 Å². The number of likely N-dealkylation sites (tertiary alicyclic amines) is 1. The number of amides is 3. The Hall–Kier alpha value is -2.93. The second kappa shape index (κ2) is 8.61. The molecule has 2 aromatic rings. The van der Waals surface area contributed by atoms with Gasteiger partial charge in [-0.15, -0.1) is 0 Å². The van der Waals surface area contributed by atoms with Crippen molar-refractivity contribution in [3.8, 4) is 0 Å². The van der Waals surface area contributed by atoms with Gasteiger partial charge in [-0.3, -0.25) is 24.3 Å². The van der Waals surface area contributed by atoms with E-state index in [0.29, 0.717) is 11.4 Å². The minimum absolute atomic E-state index is 0.0651.